The molecular formula is C12H14ClN3O2. The van der Waals surface area contributed by atoms with Gasteiger partial charge in [-0.1, -0.05) is 11.6 Å². The highest BCUT2D eigenvalue weighted by molar-refractivity contribution is 6.32. The quantitative estimate of drug-likeness (QED) is 0.493. The van der Waals surface area contributed by atoms with Gasteiger partial charge in [-0.15, -0.1) is 0 Å². The van der Waals surface area contributed by atoms with Crippen molar-refractivity contribution in [3.63, 3.8) is 0 Å². The highest BCUT2D eigenvalue weighted by Gasteiger charge is 2.28. The van der Waals surface area contributed by atoms with E-state index in [1.807, 2.05) is 6.07 Å². The minimum Gasteiger partial charge on any atom is -0.491 e. The first-order chi connectivity index (χ1) is 8.40. The smallest absolute Gasteiger partial charge is 0.242 e. The van der Waals surface area contributed by atoms with E-state index in [9.17, 15) is 4.79 Å². The normalized spacial score (nSPS) is 10.6. The molecule has 0 saturated heterocycles. The molecule has 3 N–H and O–H groups in total. The van der Waals surface area contributed by atoms with Crippen molar-refractivity contribution in [2.24, 2.45) is 11.3 Å². The molecule has 0 aliphatic rings. The van der Waals surface area contributed by atoms with E-state index in [-0.39, 0.29) is 12.5 Å². The maximum atomic E-state index is 11.4. The van der Waals surface area contributed by atoms with Crippen molar-refractivity contribution in [3.8, 4) is 11.8 Å². The third-order valence-electron chi connectivity index (χ3n) is 2.40. The number of carbonyl (C=O) groups excluding carboxylic acids is 1. The molecule has 0 aromatic heterocycles. The Bertz CT molecular complexity index is 495. The molecule has 0 bridgehead atoms. The predicted octanol–water partition coefficient (Wildman–Crippen LogP) is 1.61. The van der Waals surface area contributed by atoms with Crippen LogP contribution in [0.4, 0.5) is 0 Å². The largest absolute Gasteiger partial charge is 0.491 e. The molecule has 0 fully saturated rings. The van der Waals surface area contributed by atoms with E-state index in [0.29, 0.717) is 16.3 Å². The molecule has 0 spiro atoms. The van der Waals surface area contributed by atoms with Crippen molar-refractivity contribution in [1.82, 2.24) is 5.43 Å². The summed E-state index contributed by atoms with van der Waals surface area (Å²) in [6.07, 6.45) is 0. The number of hydrogen-bond donors (Lipinski definition) is 2. The number of rotatable bonds is 4. The molecule has 1 aromatic carbocycles. The molecule has 0 saturated carbocycles. The maximum Gasteiger partial charge on any atom is 0.242 e. The Morgan fingerprint density at radius 2 is 2.28 bits per heavy atom. The standard InChI is InChI=1S/C12H14ClN3O2/c1-12(2,11(17)16-15)7-18-10-4-3-8(6-14)5-9(10)13/h3-5H,7,15H2,1-2H3,(H,16,17). The zero-order valence-electron chi connectivity index (χ0n) is 10.2. The number of hydrazine groups is 1. The van der Waals surface area contributed by atoms with Gasteiger partial charge in [-0.2, -0.15) is 5.26 Å². The van der Waals surface area contributed by atoms with Gasteiger partial charge in [-0.25, -0.2) is 5.84 Å². The molecule has 0 aliphatic carbocycles. The monoisotopic (exact) mass is 267 g/mol. The van der Waals surface area contributed by atoms with Crippen LogP contribution in [0.3, 0.4) is 0 Å². The minimum atomic E-state index is -0.772. The lowest BCUT2D eigenvalue weighted by molar-refractivity contribution is -0.130. The first-order valence-corrected chi connectivity index (χ1v) is 5.62. The number of halogens is 1. The van der Waals surface area contributed by atoms with E-state index in [1.165, 1.54) is 6.07 Å². The van der Waals surface area contributed by atoms with Crippen LogP contribution in [0.5, 0.6) is 5.75 Å². The third-order valence-corrected chi connectivity index (χ3v) is 2.69. The number of ether oxygens (including phenoxy) is 1. The van der Waals surface area contributed by atoms with Gasteiger partial charge in [0.1, 0.15) is 12.4 Å². The summed E-state index contributed by atoms with van der Waals surface area (Å²) < 4.78 is 5.47. The van der Waals surface area contributed by atoms with Gasteiger partial charge in [0.25, 0.3) is 0 Å². The van der Waals surface area contributed by atoms with Gasteiger partial charge in [-0.05, 0) is 32.0 Å². The Morgan fingerprint density at radius 1 is 1.61 bits per heavy atom. The Hall–Kier alpha value is -1.77. The van der Waals surface area contributed by atoms with Crippen molar-refractivity contribution >= 4 is 17.5 Å². The van der Waals surface area contributed by atoms with Crippen LogP contribution in [0, 0.1) is 16.7 Å². The summed E-state index contributed by atoms with van der Waals surface area (Å²) in [5, 5.41) is 9.03. The summed E-state index contributed by atoms with van der Waals surface area (Å²) in [4.78, 5) is 11.4. The molecule has 1 rings (SSSR count). The zero-order chi connectivity index (χ0) is 13.8. The summed E-state index contributed by atoms with van der Waals surface area (Å²) in [7, 11) is 0. The van der Waals surface area contributed by atoms with Crippen LogP contribution in [0.15, 0.2) is 18.2 Å². The average Bonchev–Trinajstić information content (AvgIpc) is 2.36. The first-order valence-electron chi connectivity index (χ1n) is 5.24. The number of amides is 1. The number of nitrogens with two attached hydrogens (primary N) is 1. The minimum absolute atomic E-state index is 0.127. The second-order valence-corrected chi connectivity index (χ2v) is 4.81. The van der Waals surface area contributed by atoms with Gasteiger partial charge in [0.15, 0.2) is 0 Å². The second kappa shape index (κ2) is 5.71. The lowest BCUT2D eigenvalue weighted by Crippen LogP contribution is -2.44. The summed E-state index contributed by atoms with van der Waals surface area (Å²) in [5.41, 5.74) is 1.76. The Morgan fingerprint density at radius 3 is 2.78 bits per heavy atom. The van der Waals surface area contributed by atoms with Crippen LogP contribution < -0.4 is 16.0 Å². The van der Waals surface area contributed by atoms with Crippen molar-refractivity contribution in [1.29, 1.82) is 5.26 Å². The van der Waals surface area contributed by atoms with Crippen molar-refractivity contribution in [2.75, 3.05) is 6.61 Å². The lowest BCUT2D eigenvalue weighted by atomic mass is 9.94. The molecule has 96 valence electrons. The SMILES string of the molecule is CC(C)(COc1ccc(C#N)cc1Cl)C(=O)NN. The Balaban J connectivity index is 2.76. The summed E-state index contributed by atoms with van der Waals surface area (Å²) in [5.74, 6) is 5.18. The van der Waals surface area contributed by atoms with Crippen LogP contribution >= 0.6 is 11.6 Å². The van der Waals surface area contributed by atoms with E-state index in [4.69, 9.17) is 27.4 Å². The van der Waals surface area contributed by atoms with Crippen molar-refractivity contribution in [2.45, 2.75) is 13.8 Å². The molecule has 0 aliphatic heterocycles. The van der Waals surface area contributed by atoms with E-state index in [1.54, 1.807) is 26.0 Å². The fraction of sp³-hybridized carbons (Fsp3) is 0.333. The lowest BCUT2D eigenvalue weighted by Gasteiger charge is -2.22. The number of nitrogens with zero attached hydrogens (tertiary/aromatic N) is 1. The van der Waals surface area contributed by atoms with Crippen molar-refractivity contribution < 1.29 is 9.53 Å². The van der Waals surface area contributed by atoms with Gasteiger partial charge in [0.2, 0.25) is 5.91 Å². The van der Waals surface area contributed by atoms with E-state index < -0.39 is 5.41 Å². The van der Waals surface area contributed by atoms with Crippen LogP contribution in [0.2, 0.25) is 5.02 Å². The highest BCUT2D eigenvalue weighted by atomic mass is 35.5. The number of hydrogen-bond acceptors (Lipinski definition) is 4. The molecule has 0 atom stereocenters. The van der Waals surface area contributed by atoms with Crippen LogP contribution in [-0.2, 0) is 4.79 Å². The molecule has 0 unspecified atom stereocenters. The fourth-order valence-corrected chi connectivity index (χ4v) is 1.44. The summed E-state index contributed by atoms with van der Waals surface area (Å²) in [6, 6.07) is 6.67. The molecule has 18 heavy (non-hydrogen) atoms. The molecule has 0 heterocycles. The van der Waals surface area contributed by atoms with E-state index in [2.05, 4.69) is 5.43 Å². The molecule has 1 amide bonds. The van der Waals surface area contributed by atoms with Crippen LogP contribution in [0.1, 0.15) is 19.4 Å². The van der Waals surface area contributed by atoms with Gasteiger partial charge in [-0.3, -0.25) is 10.2 Å². The number of benzene rings is 1. The van der Waals surface area contributed by atoms with Gasteiger partial charge < -0.3 is 4.74 Å². The first kappa shape index (κ1) is 14.3. The second-order valence-electron chi connectivity index (χ2n) is 4.40. The number of nitriles is 1. The van der Waals surface area contributed by atoms with Gasteiger partial charge in [0, 0.05) is 0 Å². The van der Waals surface area contributed by atoms with Crippen LogP contribution in [0.25, 0.3) is 0 Å². The Labute approximate surface area is 110 Å². The number of nitrogens with one attached hydrogen (secondary N) is 1. The third kappa shape index (κ3) is 3.36. The predicted molar refractivity (Wildman–Crippen MR) is 67.8 cm³/mol. The fourth-order valence-electron chi connectivity index (χ4n) is 1.21. The zero-order valence-corrected chi connectivity index (χ0v) is 10.9. The molecule has 0 radical (unpaired) electrons. The summed E-state index contributed by atoms with van der Waals surface area (Å²) >= 11 is 5.95. The highest BCUT2D eigenvalue weighted by Crippen LogP contribution is 2.27. The van der Waals surface area contributed by atoms with E-state index in [0.717, 1.165) is 0 Å². The average molecular weight is 268 g/mol. The number of carbonyl (C=O) groups is 1. The summed E-state index contributed by atoms with van der Waals surface area (Å²) in [6.45, 7) is 3.53. The van der Waals surface area contributed by atoms with Crippen molar-refractivity contribution in [3.05, 3.63) is 28.8 Å². The van der Waals surface area contributed by atoms with Gasteiger partial charge in [0.05, 0.1) is 22.1 Å². The van der Waals surface area contributed by atoms with E-state index >= 15 is 0 Å². The van der Waals surface area contributed by atoms with Gasteiger partial charge >= 0.3 is 0 Å². The molecular weight excluding hydrogens is 254 g/mol. The maximum absolute atomic E-state index is 11.4. The molecule has 1 aromatic rings. The van der Waals surface area contributed by atoms with Crippen LogP contribution in [-0.4, -0.2) is 12.5 Å². The molecule has 5 nitrogen and oxygen atoms in total. The Kier molecular flexibility index (Phi) is 4.54. The molecule has 6 heteroatoms. The topological polar surface area (TPSA) is 88.1 Å².